The van der Waals surface area contributed by atoms with E-state index >= 15 is 0 Å². The van der Waals surface area contributed by atoms with Crippen LogP contribution in [0.2, 0.25) is 5.02 Å². The molecule has 5 aromatic rings. The van der Waals surface area contributed by atoms with Crippen molar-refractivity contribution in [1.82, 2.24) is 15.3 Å². The molecule has 0 atom stereocenters. The molecule has 0 unspecified atom stereocenters. The average molecular weight is 699 g/mol. The van der Waals surface area contributed by atoms with Gasteiger partial charge in [0.1, 0.15) is 22.9 Å². The number of nitrogen functional groups attached to an aromatic ring is 1. The predicted octanol–water partition coefficient (Wildman–Crippen LogP) is 8.33. The van der Waals surface area contributed by atoms with Crippen molar-refractivity contribution in [2.45, 2.75) is 12.5 Å². The minimum Gasteiger partial charge on any atom is -0.457 e. The molecule has 0 aliphatic rings. The lowest BCUT2D eigenvalue weighted by atomic mass is 10.2. The maximum atomic E-state index is 12.9. The van der Waals surface area contributed by atoms with Crippen LogP contribution in [0.25, 0.3) is 10.2 Å². The second-order valence-corrected chi connectivity index (χ2v) is 10.6. The number of anilines is 3. The molecule has 10 nitrogen and oxygen atoms in total. The summed E-state index contributed by atoms with van der Waals surface area (Å²) in [6.07, 6.45) is -7.89. The lowest BCUT2D eigenvalue weighted by Crippen LogP contribution is -2.19. The number of benzene rings is 3. The molecule has 18 heteroatoms. The monoisotopic (exact) mass is 698 g/mol. The number of nitrogens with two attached hydrogens (primary N) is 1. The van der Waals surface area contributed by atoms with Gasteiger partial charge in [-0.1, -0.05) is 22.9 Å². The number of ether oxygens (including phenoxy) is 2. The standard InChI is InChI=1S/C21H16ClF3N4O3.C8H5F3N2OS/c1-26-19(30)18-11-15(8-9-27-18)32-14-5-2-12(3-6-14)28-20(31)29-13-4-7-17(22)16(10-13)21(23,24)25;9-8(10,11)14-4-1-2-5-6(3-4)15-7(12)13-5/h2-11H,1H3,(H,26,30)(H2,28,29,31);1-3H,(H2,12,13). The second kappa shape index (κ2) is 14.4. The summed E-state index contributed by atoms with van der Waals surface area (Å²) in [5.74, 6) is 0.195. The molecule has 0 radical (unpaired) electrons. The van der Waals surface area contributed by atoms with Crippen molar-refractivity contribution < 1.29 is 45.4 Å². The molecule has 2 heterocycles. The van der Waals surface area contributed by atoms with Gasteiger partial charge in [-0.15, -0.1) is 13.2 Å². The molecule has 5 N–H and O–H groups in total. The van der Waals surface area contributed by atoms with E-state index in [4.69, 9.17) is 22.1 Å². The van der Waals surface area contributed by atoms with Gasteiger partial charge in [0.15, 0.2) is 5.13 Å². The van der Waals surface area contributed by atoms with Crippen molar-refractivity contribution >= 4 is 61.6 Å². The number of pyridine rings is 1. The summed E-state index contributed by atoms with van der Waals surface area (Å²) in [5, 5.41) is 7.14. The molecule has 0 saturated heterocycles. The van der Waals surface area contributed by atoms with Crippen LogP contribution in [0, 0.1) is 0 Å². The Balaban J connectivity index is 0.000000277. The summed E-state index contributed by atoms with van der Waals surface area (Å²) in [7, 11) is 1.49. The molecule has 47 heavy (non-hydrogen) atoms. The first-order valence-corrected chi connectivity index (χ1v) is 14.1. The van der Waals surface area contributed by atoms with Gasteiger partial charge in [0.2, 0.25) is 0 Å². The number of carbonyl (C=O) groups excluding carboxylic acids is 2. The van der Waals surface area contributed by atoms with Crippen LogP contribution in [0.15, 0.2) is 79.0 Å². The number of alkyl halides is 6. The lowest BCUT2D eigenvalue weighted by Gasteiger charge is -2.12. The van der Waals surface area contributed by atoms with E-state index in [0.29, 0.717) is 32.5 Å². The number of carbonyl (C=O) groups is 2. The number of fused-ring (bicyclic) bond motifs is 1. The van der Waals surface area contributed by atoms with E-state index < -0.39 is 29.2 Å². The highest BCUT2D eigenvalue weighted by atomic mass is 35.5. The number of hydrogen-bond donors (Lipinski definition) is 4. The lowest BCUT2D eigenvalue weighted by molar-refractivity contribution is -0.274. The van der Waals surface area contributed by atoms with Crippen LogP contribution in [-0.2, 0) is 6.18 Å². The molecule has 0 fully saturated rings. The molecule has 0 spiro atoms. The molecular formula is C29H21ClF6N6O4S. The zero-order chi connectivity index (χ0) is 34.4. The van der Waals surface area contributed by atoms with Gasteiger partial charge < -0.3 is 31.2 Å². The number of nitrogens with zero attached hydrogens (tertiary/aromatic N) is 2. The summed E-state index contributed by atoms with van der Waals surface area (Å²) >= 11 is 6.68. The van der Waals surface area contributed by atoms with Crippen LogP contribution in [0.4, 0.5) is 47.6 Å². The van der Waals surface area contributed by atoms with E-state index in [9.17, 15) is 35.9 Å². The van der Waals surface area contributed by atoms with Crippen molar-refractivity contribution in [2.24, 2.45) is 0 Å². The smallest absolute Gasteiger partial charge is 0.457 e. The van der Waals surface area contributed by atoms with E-state index in [0.717, 1.165) is 23.5 Å². The topological polar surface area (TPSA) is 140 Å². The molecule has 0 saturated carbocycles. The van der Waals surface area contributed by atoms with Gasteiger partial charge in [-0.05, 0) is 60.7 Å². The number of urea groups is 1. The Labute approximate surface area is 270 Å². The van der Waals surface area contributed by atoms with Gasteiger partial charge in [0.25, 0.3) is 5.91 Å². The fourth-order valence-electron chi connectivity index (χ4n) is 3.70. The fraction of sp³-hybridized carbons (Fsp3) is 0.103. The zero-order valence-electron chi connectivity index (χ0n) is 23.7. The Bertz CT molecular complexity index is 1890. The highest BCUT2D eigenvalue weighted by Crippen LogP contribution is 2.36. The number of aromatic nitrogens is 2. The largest absolute Gasteiger partial charge is 0.573 e. The third-order valence-electron chi connectivity index (χ3n) is 5.68. The van der Waals surface area contributed by atoms with Gasteiger partial charge in [0, 0.05) is 36.8 Å². The Hall–Kier alpha value is -5.29. The van der Waals surface area contributed by atoms with Crippen LogP contribution in [-0.4, -0.2) is 35.3 Å². The van der Waals surface area contributed by atoms with E-state index in [2.05, 4.69) is 30.7 Å². The van der Waals surface area contributed by atoms with E-state index in [1.165, 1.54) is 43.6 Å². The first-order chi connectivity index (χ1) is 22.1. The molecular weight excluding hydrogens is 678 g/mol. The van der Waals surface area contributed by atoms with Crippen LogP contribution in [0.1, 0.15) is 16.1 Å². The SMILES string of the molecule is CNC(=O)c1cc(Oc2ccc(NC(=O)Nc3ccc(Cl)c(C(F)(F)F)c3)cc2)ccn1.Nc1nc2ccc(OC(F)(F)F)cc2s1. The summed E-state index contributed by atoms with van der Waals surface area (Å²) in [6, 6.07) is 15.5. The van der Waals surface area contributed by atoms with Crippen LogP contribution < -0.4 is 31.2 Å². The first kappa shape index (κ1) is 34.6. The summed E-state index contributed by atoms with van der Waals surface area (Å²) < 4.78 is 84.5. The molecule has 3 aromatic carbocycles. The highest BCUT2D eigenvalue weighted by Gasteiger charge is 2.33. The molecule has 5 rings (SSSR count). The summed E-state index contributed by atoms with van der Waals surface area (Å²) in [6.45, 7) is 0. The van der Waals surface area contributed by atoms with Gasteiger partial charge in [-0.3, -0.25) is 9.78 Å². The Morgan fingerprint density at radius 3 is 2.17 bits per heavy atom. The van der Waals surface area contributed by atoms with Gasteiger partial charge in [-0.2, -0.15) is 13.2 Å². The van der Waals surface area contributed by atoms with Crippen molar-refractivity contribution in [3.8, 4) is 17.2 Å². The Kier molecular flexibility index (Phi) is 10.6. The maximum Gasteiger partial charge on any atom is 0.573 e. The van der Waals surface area contributed by atoms with Crippen LogP contribution in [0.5, 0.6) is 17.2 Å². The average Bonchev–Trinajstić information content (AvgIpc) is 3.37. The second-order valence-electron chi connectivity index (χ2n) is 9.08. The predicted molar refractivity (Wildman–Crippen MR) is 164 cm³/mol. The molecule has 0 aliphatic carbocycles. The summed E-state index contributed by atoms with van der Waals surface area (Å²) in [5.41, 5.74) is 5.43. The van der Waals surface area contributed by atoms with Crippen molar-refractivity contribution in [1.29, 1.82) is 0 Å². The molecule has 0 bridgehead atoms. The van der Waals surface area contributed by atoms with Gasteiger partial charge in [-0.25, -0.2) is 9.78 Å². The van der Waals surface area contributed by atoms with Crippen molar-refractivity contribution in [3.05, 3.63) is 95.3 Å². The normalized spacial score (nSPS) is 11.2. The number of halogens is 7. The minimum atomic E-state index is -4.68. The quantitative estimate of drug-likeness (QED) is 0.131. The number of rotatable bonds is 6. The Morgan fingerprint density at radius 2 is 1.51 bits per heavy atom. The third kappa shape index (κ3) is 10.1. The fourth-order valence-corrected chi connectivity index (χ4v) is 4.69. The van der Waals surface area contributed by atoms with Crippen molar-refractivity contribution in [3.63, 3.8) is 0 Å². The molecule has 3 amide bonds. The van der Waals surface area contributed by atoms with Gasteiger partial charge >= 0.3 is 18.6 Å². The van der Waals surface area contributed by atoms with Crippen LogP contribution in [0.3, 0.4) is 0 Å². The van der Waals surface area contributed by atoms with E-state index in [1.54, 1.807) is 30.3 Å². The molecule has 2 aromatic heterocycles. The first-order valence-electron chi connectivity index (χ1n) is 12.9. The summed E-state index contributed by atoms with van der Waals surface area (Å²) in [4.78, 5) is 31.6. The van der Waals surface area contributed by atoms with E-state index in [-0.39, 0.29) is 23.0 Å². The van der Waals surface area contributed by atoms with E-state index in [1.807, 2.05) is 0 Å². The number of nitrogens with one attached hydrogen (secondary N) is 3. The molecule has 0 aliphatic heterocycles. The maximum absolute atomic E-state index is 12.9. The zero-order valence-corrected chi connectivity index (χ0v) is 25.2. The van der Waals surface area contributed by atoms with Gasteiger partial charge in [0.05, 0.1) is 20.8 Å². The number of thiazole rings is 1. The van der Waals surface area contributed by atoms with Crippen LogP contribution >= 0.6 is 22.9 Å². The Morgan fingerprint density at radius 1 is 0.851 bits per heavy atom. The number of hydrogen-bond acceptors (Lipinski definition) is 8. The van der Waals surface area contributed by atoms with Crippen molar-refractivity contribution in [2.75, 3.05) is 23.4 Å². The third-order valence-corrected chi connectivity index (χ3v) is 6.86. The molecule has 246 valence electrons. The highest BCUT2D eigenvalue weighted by molar-refractivity contribution is 7.22. The number of amides is 3. The minimum absolute atomic E-state index is 0.0659.